The minimum atomic E-state index is -2.35. The Hall–Kier alpha value is -0.490. The van der Waals surface area contributed by atoms with Gasteiger partial charge in [-0.15, -0.1) is 0 Å². The van der Waals surface area contributed by atoms with E-state index in [1.54, 1.807) is 6.26 Å². The van der Waals surface area contributed by atoms with Gasteiger partial charge in [0.15, 0.2) is 0 Å². The van der Waals surface area contributed by atoms with Crippen LogP contribution in [0, 0.1) is 18.0 Å². The minimum absolute atomic E-state index is 0.575. The molecule has 0 aromatic carbocycles. The van der Waals surface area contributed by atoms with Crippen LogP contribution in [0.3, 0.4) is 0 Å². The fourth-order valence-corrected chi connectivity index (χ4v) is 7.09. The number of unbranched alkanes of at least 4 members (excludes halogenated alkanes) is 2. The first-order chi connectivity index (χ1) is 11.6. The summed E-state index contributed by atoms with van der Waals surface area (Å²) >= 11 is 0. The summed E-state index contributed by atoms with van der Waals surface area (Å²) in [5.41, 5.74) is 0. The van der Waals surface area contributed by atoms with E-state index in [0.717, 1.165) is 30.9 Å². The molecule has 1 aromatic rings. The van der Waals surface area contributed by atoms with Crippen molar-refractivity contribution in [1.29, 1.82) is 0 Å². The molecule has 0 saturated heterocycles. The van der Waals surface area contributed by atoms with Crippen LogP contribution in [0.15, 0.2) is 22.8 Å². The van der Waals surface area contributed by atoms with Crippen molar-refractivity contribution in [1.82, 2.24) is 0 Å². The van der Waals surface area contributed by atoms with Gasteiger partial charge in [-0.25, -0.2) is 0 Å². The van der Waals surface area contributed by atoms with Gasteiger partial charge in [0.05, 0.1) is 19.6 Å². The second-order valence-electron chi connectivity index (χ2n) is 7.30. The van der Waals surface area contributed by atoms with Gasteiger partial charge in [0.2, 0.25) is 0 Å². The highest BCUT2D eigenvalue weighted by Gasteiger charge is 2.30. The first-order valence-corrected chi connectivity index (χ1v) is 12.2. The van der Waals surface area contributed by atoms with E-state index in [-0.39, 0.29) is 0 Å². The predicted molar refractivity (Wildman–Crippen MR) is 106 cm³/mol. The van der Waals surface area contributed by atoms with E-state index in [0.29, 0.717) is 11.8 Å². The Balaban J connectivity index is 2.82. The first kappa shape index (κ1) is 21.6. The smallest absolute Gasteiger partial charge is 0.115 e. The second kappa shape index (κ2) is 12.0. The molecule has 1 heterocycles. The summed E-state index contributed by atoms with van der Waals surface area (Å²) in [6.45, 7) is 8.95. The number of rotatable bonds is 14. The second-order valence-corrected chi connectivity index (χ2v) is 10.2. The molecule has 0 saturated carbocycles. The van der Waals surface area contributed by atoms with Gasteiger partial charge in [0.1, 0.15) is 5.76 Å². The lowest BCUT2D eigenvalue weighted by atomic mass is 10.0. The molecule has 1 radical (unpaired) electrons. The number of hydrogen-bond acceptors (Lipinski definition) is 2. The topological polar surface area (TPSA) is 30.2 Å². The predicted octanol–water partition coefficient (Wildman–Crippen LogP) is 7.59. The molecule has 0 spiro atoms. The van der Waals surface area contributed by atoms with E-state index in [1.807, 2.05) is 18.3 Å². The van der Waals surface area contributed by atoms with Gasteiger partial charge in [0, 0.05) is 12.3 Å². The maximum atomic E-state index is 13.8. The Kier molecular flexibility index (Phi) is 10.7. The molecule has 2 atom stereocenters. The molecule has 0 fully saturated rings. The van der Waals surface area contributed by atoms with Gasteiger partial charge in [-0.05, 0) is 24.0 Å². The third-order valence-electron chi connectivity index (χ3n) is 5.13. The Labute approximate surface area is 150 Å². The molecule has 0 amide bonds. The van der Waals surface area contributed by atoms with E-state index >= 15 is 0 Å². The van der Waals surface area contributed by atoms with Crippen molar-refractivity contribution in [3.05, 3.63) is 30.3 Å². The maximum absolute atomic E-state index is 13.8. The SMILES string of the molecule is CCCCC(CC)CP(=O)([CH]c1ccco1)CC(CC)CCCC. The highest BCUT2D eigenvalue weighted by Crippen LogP contribution is 2.55. The van der Waals surface area contributed by atoms with E-state index in [9.17, 15) is 4.57 Å². The molecular formula is C21H38O2P. The Morgan fingerprint density at radius 1 is 1.00 bits per heavy atom. The van der Waals surface area contributed by atoms with E-state index in [4.69, 9.17) is 4.42 Å². The molecule has 0 N–H and O–H groups in total. The van der Waals surface area contributed by atoms with Crippen LogP contribution in [0.25, 0.3) is 0 Å². The van der Waals surface area contributed by atoms with Crippen LogP contribution >= 0.6 is 7.14 Å². The van der Waals surface area contributed by atoms with Gasteiger partial charge < -0.3 is 8.98 Å². The van der Waals surface area contributed by atoms with Gasteiger partial charge >= 0.3 is 0 Å². The zero-order valence-electron chi connectivity index (χ0n) is 16.3. The third-order valence-corrected chi connectivity index (χ3v) is 8.12. The zero-order valence-corrected chi connectivity index (χ0v) is 17.2. The van der Waals surface area contributed by atoms with E-state index in [2.05, 4.69) is 27.7 Å². The van der Waals surface area contributed by atoms with Crippen LogP contribution in [0.5, 0.6) is 0 Å². The lowest BCUT2D eigenvalue weighted by Gasteiger charge is -2.26. The van der Waals surface area contributed by atoms with Crippen molar-refractivity contribution in [2.45, 2.75) is 79.1 Å². The molecule has 24 heavy (non-hydrogen) atoms. The van der Waals surface area contributed by atoms with Crippen molar-refractivity contribution in [2.75, 3.05) is 12.3 Å². The van der Waals surface area contributed by atoms with Crippen molar-refractivity contribution >= 4 is 7.14 Å². The summed E-state index contributed by atoms with van der Waals surface area (Å²) in [6.07, 6.45) is 15.0. The summed E-state index contributed by atoms with van der Waals surface area (Å²) in [7, 11) is -2.35. The fourth-order valence-electron chi connectivity index (χ4n) is 3.49. The molecular weight excluding hydrogens is 315 g/mol. The van der Waals surface area contributed by atoms with Crippen molar-refractivity contribution in [3.8, 4) is 0 Å². The average molecular weight is 354 g/mol. The van der Waals surface area contributed by atoms with E-state index < -0.39 is 7.14 Å². The monoisotopic (exact) mass is 353 g/mol. The van der Waals surface area contributed by atoms with Crippen LogP contribution in [-0.4, -0.2) is 12.3 Å². The first-order valence-electron chi connectivity index (χ1n) is 10.0. The highest BCUT2D eigenvalue weighted by atomic mass is 31.2. The van der Waals surface area contributed by atoms with Gasteiger partial charge in [-0.3, -0.25) is 0 Å². The molecule has 139 valence electrons. The number of furan rings is 1. The molecule has 1 rings (SSSR count). The summed E-state index contributed by atoms with van der Waals surface area (Å²) in [6, 6.07) is 3.82. The lowest BCUT2D eigenvalue weighted by Crippen LogP contribution is -2.14. The fraction of sp³-hybridized carbons (Fsp3) is 0.762. The van der Waals surface area contributed by atoms with Gasteiger partial charge in [0.25, 0.3) is 0 Å². The molecule has 0 aliphatic heterocycles. The molecule has 0 bridgehead atoms. The third kappa shape index (κ3) is 8.06. The van der Waals surface area contributed by atoms with Crippen molar-refractivity contribution in [3.63, 3.8) is 0 Å². The van der Waals surface area contributed by atoms with E-state index in [1.165, 1.54) is 38.5 Å². The lowest BCUT2D eigenvalue weighted by molar-refractivity contribution is 0.463. The molecule has 3 heteroatoms. The van der Waals surface area contributed by atoms with Gasteiger partial charge in [-0.1, -0.05) is 79.1 Å². The quantitative estimate of drug-likeness (QED) is 0.323. The number of hydrogen-bond donors (Lipinski definition) is 0. The van der Waals surface area contributed by atoms with Crippen LogP contribution in [0.1, 0.15) is 84.8 Å². The average Bonchev–Trinajstić information content (AvgIpc) is 3.07. The molecule has 2 unspecified atom stereocenters. The Bertz CT molecular complexity index is 430. The van der Waals surface area contributed by atoms with Crippen LogP contribution in [-0.2, 0) is 4.57 Å². The van der Waals surface area contributed by atoms with Crippen molar-refractivity contribution in [2.24, 2.45) is 11.8 Å². The maximum Gasteiger partial charge on any atom is 0.115 e. The summed E-state index contributed by atoms with van der Waals surface area (Å²) in [4.78, 5) is 0. The zero-order chi connectivity index (χ0) is 17.8. The van der Waals surface area contributed by atoms with Crippen LogP contribution in [0.2, 0.25) is 0 Å². The largest absolute Gasteiger partial charge is 0.469 e. The summed E-state index contributed by atoms with van der Waals surface area (Å²) in [5.74, 6) is 1.94. The molecule has 2 nitrogen and oxygen atoms in total. The molecule has 1 aromatic heterocycles. The standard InChI is InChI=1S/C21H38O2P/c1-5-9-12-19(7-3)16-24(22,18-21-14-11-15-23-21)17-20(8-4)13-10-6-2/h11,14-15,18-20H,5-10,12-13,16-17H2,1-4H3. The Morgan fingerprint density at radius 3 is 1.92 bits per heavy atom. The summed E-state index contributed by atoms with van der Waals surface area (Å²) < 4.78 is 19.3. The molecule has 0 aliphatic rings. The highest BCUT2D eigenvalue weighted by molar-refractivity contribution is 7.66. The molecule has 0 aliphatic carbocycles. The normalized spacial score (nSPS) is 16.7. The summed E-state index contributed by atoms with van der Waals surface area (Å²) in [5, 5.41) is 0. The van der Waals surface area contributed by atoms with Crippen molar-refractivity contribution < 1.29 is 8.98 Å². The minimum Gasteiger partial charge on any atom is -0.469 e. The van der Waals surface area contributed by atoms with Crippen LogP contribution in [0.4, 0.5) is 0 Å². The van der Waals surface area contributed by atoms with Crippen LogP contribution < -0.4 is 0 Å². The van der Waals surface area contributed by atoms with Gasteiger partial charge in [-0.2, -0.15) is 0 Å². The Morgan fingerprint density at radius 2 is 1.54 bits per heavy atom.